The first-order chi connectivity index (χ1) is 12.9. The molecule has 0 bridgehead atoms. The molecule has 27 heavy (non-hydrogen) atoms. The molecule has 0 fully saturated rings. The maximum Gasteiger partial charge on any atom is 0.258 e. The summed E-state index contributed by atoms with van der Waals surface area (Å²) < 4.78 is 1.54. The van der Waals surface area contributed by atoms with Crippen LogP contribution in [-0.4, -0.2) is 43.7 Å². The summed E-state index contributed by atoms with van der Waals surface area (Å²) in [5.74, 6) is -0.390. The molecule has 2 heterocycles. The average molecular weight is 370 g/mol. The Bertz CT molecular complexity index is 830. The van der Waals surface area contributed by atoms with Crippen LogP contribution in [-0.2, 0) is 17.9 Å². The van der Waals surface area contributed by atoms with Gasteiger partial charge in [-0.1, -0.05) is 38.5 Å². The lowest BCUT2D eigenvalue weighted by atomic mass is 9.96. The zero-order chi connectivity index (χ0) is 19.6. The number of carbonyl (C=O) groups is 2. The molecular formula is C20H26N4O3. The first-order valence-corrected chi connectivity index (χ1v) is 9.31. The van der Waals surface area contributed by atoms with E-state index in [1.165, 1.54) is 6.20 Å². The van der Waals surface area contributed by atoms with Gasteiger partial charge < -0.3 is 15.3 Å². The summed E-state index contributed by atoms with van der Waals surface area (Å²) in [6.07, 6.45) is 3.33. The minimum Gasteiger partial charge on any atom is -0.391 e. The Morgan fingerprint density at radius 2 is 2.11 bits per heavy atom. The maximum atomic E-state index is 13.3. The van der Waals surface area contributed by atoms with Gasteiger partial charge in [0.2, 0.25) is 5.91 Å². The molecule has 1 aromatic carbocycles. The third-order valence-electron chi connectivity index (χ3n) is 5.00. The highest BCUT2D eigenvalue weighted by Gasteiger charge is 2.37. The van der Waals surface area contributed by atoms with Crippen LogP contribution in [0.15, 0.2) is 36.7 Å². The Labute approximate surface area is 159 Å². The molecule has 2 N–H and O–H groups in total. The second-order valence-corrected chi connectivity index (χ2v) is 7.21. The molecule has 0 radical (unpaired) electrons. The van der Waals surface area contributed by atoms with Crippen LogP contribution >= 0.6 is 0 Å². The number of carbonyl (C=O) groups excluding carboxylic acids is 2. The van der Waals surface area contributed by atoms with Crippen molar-refractivity contribution in [3.05, 3.63) is 47.8 Å². The van der Waals surface area contributed by atoms with E-state index in [9.17, 15) is 14.7 Å². The highest BCUT2D eigenvalue weighted by molar-refractivity contribution is 6.02. The van der Waals surface area contributed by atoms with E-state index in [2.05, 4.69) is 10.4 Å². The third kappa shape index (κ3) is 4.03. The summed E-state index contributed by atoms with van der Waals surface area (Å²) in [5, 5.41) is 16.6. The number of fused-ring (bicyclic) bond motifs is 1. The number of nitrogens with zero attached hydrogens (tertiary/aromatic N) is 3. The van der Waals surface area contributed by atoms with Gasteiger partial charge in [-0.25, -0.2) is 0 Å². The summed E-state index contributed by atoms with van der Waals surface area (Å²) in [6.45, 7) is 6.32. The van der Waals surface area contributed by atoms with Gasteiger partial charge in [-0.2, -0.15) is 5.10 Å². The van der Waals surface area contributed by atoms with Gasteiger partial charge in [-0.05, 0) is 24.5 Å². The number of para-hydroxylation sites is 1. The number of aliphatic hydroxyl groups is 1. The first-order valence-electron chi connectivity index (χ1n) is 9.31. The first kappa shape index (κ1) is 19.1. The molecule has 144 valence electrons. The summed E-state index contributed by atoms with van der Waals surface area (Å²) in [5.41, 5.74) is 2.06. The molecule has 1 aliphatic heterocycles. The van der Waals surface area contributed by atoms with E-state index >= 15 is 0 Å². The van der Waals surface area contributed by atoms with Crippen LogP contribution in [0.2, 0.25) is 0 Å². The average Bonchev–Trinajstić information content (AvgIpc) is 3.03. The predicted molar refractivity (Wildman–Crippen MR) is 102 cm³/mol. The van der Waals surface area contributed by atoms with Gasteiger partial charge in [0.15, 0.2) is 0 Å². The van der Waals surface area contributed by atoms with Crippen LogP contribution in [0.25, 0.3) is 0 Å². The van der Waals surface area contributed by atoms with Crippen molar-refractivity contribution in [1.82, 2.24) is 14.7 Å². The lowest BCUT2D eigenvalue weighted by Crippen LogP contribution is -2.48. The monoisotopic (exact) mass is 370 g/mol. The van der Waals surface area contributed by atoms with Gasteiger partial charge in [0.25, 0.3) is 5.91 Å². The van der Waals surface area contributed by atoms with Gasteiger partial charge in [0.05, 0.1) is 24.4 Å². The lowest BCUT2D eigenvalue weighted by molar-refractivity contribution is -0.122. The summed E-state index contributed by atoms with van der Waals surface area (Å²) in [7, 11) is 0. The number of benzene rings is 1. The van der Waals surface area contributed by atoms with E-state index < -0.39 is 12.1 Å². The molecule has 1 aromatic heterocycles. The number of nitrogens with one attached hydrogen (secondary N) is 1. The number of hydrogen-bond acceptors (Lipinski definition) is 4. The van der Waals surface area contributed by atoms with Crippen molar-refractivity contribution in [2.75, 3.05) is 5.32 Å². The molecule has 0 spiro atoms. The van der Waals surface area contributed by atoms with E-state index in [0.717, 1.165) is 17.7 Å². The normalized spacial score (nSPS) is 19.0. The predicted octanol–water partition coefficient (Wildman–Crippen LogP) is 2.27. The van der Waals surface area contributed by atoms with Gasteiger partial charge in [-0.3, -0.25) is 14.3 Å². The fourth-order valence-electron chi connectivity index (χ4n) is 3.41. The molecule has 0 saturated heterocycles. The van der Waals surface area contributed by atoms with Gasteiger partial charge >= 0.3 is 0 Å². The fourth-order valence-corrected chi connectivity index (χ4v) is 3.41. The fraction of sp³-hybridized carbons (Fsp3) is 0.450. The quantitative estimate of drug-likeness (QED) is 0.845. The van der Waals surface area contributed by atoms with Crippen molar-refractivity contribution in [3.63, 3.8) is 0 Å². The summed E-state index contributed by atoms with van der Waals surface area (Å²) in [6, 6.07) is 6.99. The van der Waals surface area contributed by atoms with Crippen LogP contribution < -0.4 is 5.32 Å². The standard InChI is InChI=1S/C20H26N4O3/c1-4-13(2)18-19(26)22-17-8-6-5-7-15(17)12-24(18)20(27)16-9-21-23(11-16)10-14(3)25/h5-9,11,13-14,18,25H,4,10,12H2,1-3H3,(H,22,26)/t13-,14+,18-/m0/s1. The van der Waals surface area contributed by atoms with E-state index in [1.807, 2.05) is 38.1 Å². The molecule has 7 nitrogen and oxygen atoms in total. The Hall–Kier alpha value is -2.67. The second-order valence-electron chi connectivity index (χ2n) is 7.21. The minimum atomic E-state index is -0.560. The molecule has 0 saturated carbocycles. The van der Waals surface area contributed by atoms with E-state index in [0.29, 0.717) is 18.7 Å². The van der Waals surface area contributed by atoms with Crippen LogP contribution in [0.3, 0.4) is 0 Å². The van der Waals surface area contributed by atoms with Crippen molar-refractivity contribution in [2.24, 2.45) is 5.92 Å². The highest BCUT2D eigenvalue weighted by Crippen LogP contribution is 2.28. The van der Waals surface area contributed by atoms with Crippen molar-refractivity contribution >= 4 is 17.5 Å². The molecule has 1 aliphatic rings. The van der Waals surface area contributed by atoms with Crippen molar-refractivity contribution in [2.45, 2.75) is 52.4 Å². The number of amides is 2. The number of aromatic nitrogens is 2. The zero-order valence-corrected chi connectivity index (χ0v) is 15.9. The number of anilines is 1. The van der Waals surface area contributed by atoms with Crippen LogP contribution in [0.5, 0.6) is 0 Å². The Morgan fingerprint density at radius 3 is 2.81 bits per heavy atom. The van der Waals surface area contributed by atoms with Gasteiger partial charge in [0, 0.05) is 18.4 Å². The molecule has 0 aliphatic carbocycles. The SMILES string of the molecule is CC[C@H](C)[C@H]1C(=O)Nc2ccccc2CN1C(=O)c1cnn(C[C@@H](C)O)c1. The topological polar surface area (TPSA) is 87.5 Å². The Balaban J connectivity index is 1.96. The smallest absolute Gasteiger partial charge is 0.258 e. The van der Waals surface area contributed by atoms with Gasteiger partial charge in [0.1, 0.15) is 6.04 Å². The molecule has 3 atom stereocenters. The van der Waals surface area contributed by atoms with Crippen molar-refractivity contribution < 1.29 is 14.7 Å². The van der Waals surface area contributed by atoms with E-state index in [1.54, 1.807) is 22.7 Å². The molecule has 2 aromatic rings. The lowest BCUT2D eigenvalue weighted by Gasteiger charge is -2.32. The maximum absolute atomic E-state index is 13.3. The van der Waals surface area contributed by atoms with Crippen LogP contribution in [0.1, 0.15) is 43.1 Å². The molecule has 0 unspecified atom stereocenters. The molecular weight excluding hydrogens is 344 g/mol. The zero-order valence-electron chi connectivity index (χ0n) is 15.9. The van der Waals surface area contributed by atoms with Crippen molar-refractivity contribution in [3.8, 4) is 0 Å². The molecule has 7 heteroatoms. The molecule has 3 rings (SSSR count). The number of rotatable bonds is 5. The van der Waals surface area contributed by atoms with Gasteiger partial charge in [-0.15, -0.1) is 0 Å². The van der Waals surface area contributed by atoms with Crippen molar-refractivity contribution in [1.29, 1.82) is 0 Å². The van der Waals surface area contributed by atoms with E-state index in [4.69, 9.17) is 0 Å². The second kappa shape index (κ2) is 7.92. The largest absolute Gasteiger partial charge is 0.391 e. The van der Waals surface area contributed by atoms with Crippen LogP contribution in [0.4, 0.5) is 5.69 Å². The third-order valence-corrected chi connectivity index (χ3v) is 5.00. The Morgan fingerprint density at radius 1 is 1.37 bits per heavy atom. The summed E-state index contributed by atoms with van der Waals surface area (Å²) >= 11 is 0. The molecule has 2 amide bonds. The van der Waals surface area contributed by atoms with E-state index in [-0.39, 0.29) is 17.7 Å². The van der Waals surface area contributed by atoms with Crippen LogP contribution in [0, 0.1) is 5.92 Å². The minimum absolute atomic E-state index is 0.00997. The Kier molecular flexibility index (Phi) is 5.60. The summed E-state index contributed by atoms with van der Waals surface area (Å²) in [4.78, 5) is 27.8. The number of aliphatic hydroxyl groups excluding tert-OH is 1. The number of hydrogen-bond donors (Lipinski definition) is 2. The highest BCUT2D eigenvalue weighted by atomic mass is 16.3.